The molecule has 0 aromatic heterocycles. The number of allylic oxidation sites excluding steroid dienone is 2. The number of alkyl halides is 3. The van der Waals surface area contributed by atoms with E-state index in [1.807, 2.05) is 0 Å². The lowest BCUT2D eigenvalue weighted by atomic mass is 9.63. The second-order valence-electron chi connectivity index (χ2n) is 10.8. The molecule has 2 aliphatic carbocycles. The molecule has 0 radical (unpaired) electrons. The van der Waals surface area contributed by atoms with Crippen molar-refractivity contribution in [3.8, 4) is 5.75 Å². The molecule has 4 aliphatic rings. The molecule has 0 unspecified atom stereocenters. The van der Waals surface area contributed by atoms with Crippen LogP contribution in [0.1, 0.15) is 43.2 Å². The van der Waals surface area contributed by atoms with E-state index in [1.54, 1.807) is 12.2 Å². The molecule has 4 atom stereocenters. The average molecular weight is 590 g/mol. The van der Waals surface area contributed by atoms with Crippen molar-refractivity contribution in [2.75, 3.05) is 6.61 Å². The zero-order valence-corrected chi connectivity index (χ0v) is 22.0. The third-order valence-electron chi connectivity index (χ3n) is 8.95. The summed E-state index contributed by atoms with van der Waals surface area (Å²) in [5.41, 5.74) is -1.55. The summed E-state index contributed by atoms with van der Waals surface area (Å²) in [7, 11) is -8.44. The van der Waals surface area contributed by atoms with Crippen molar-refractivity contribution in [1.29, 1.82) is 0 Å². The van der Waals surface area contributed by atoms with E-state index in [4.69, 9.17) is 4.74 Å². The van der Waals surface area contributed by atoms with E-state index < -0.39 is 86.8 Å². The first-order valence-corrected chi connectivity index (χ1v) is 15.4. The van der Waals surface area contributed by atoms with E-state index >= 15 is 4.39 Å². The van der Waals surface area contributed by atoms with Gasteiger partial charge in [-0.3, -0.25) is 0 Å². The molecule has 2 aromatic carbocycles. The Morgan fingerprint density at radius 2 is 1.62 bits per heavy atom. The van der Waals surface area contributed by atoms with Gasteiger partial charge < -0.3 is 4.74 Å². The van der Waals surface area contributed by atoms with Crippen LogP contribution in [0.25, 0.3) is 0 Å². The summed E-state index contributed by atoms with van der Waals surface area (Å²) in [5.74, 6) is -4.16. The van der Waals surface area contributed by atoms with Gasteiger partial charge in [0.05, 0.1) is 27.4 Å². The highest BCUT2D eigenvalue weighted by molar-refractivity contribution is 7.92. The second kappa shape index (κ2) is 8.50. The van der Waals surface area contributed by atoms with Gasteiger partial charge in [-0.05, 0) is 74.4 Å². The van der Waals surface area contributed by atoms with Crippen LogP contribution in [0.2, 0.25) is 0 Å². The Bertz CT molecular complexity index is 1580. The van der Waals surface area contributed by atoms with Crippen LogP contribution in [-0.2, 0) is 30.8 Å². The van der Waals surface area contributed by atoms with Crippen molar-refractivity contribution >= 4 is 19.9 Å². The predicted octanol–water partition coefficient (Wildman–Crippen LogP) is 4.85. The van der Waals surface area contributed by atoms with Gasteiger partial charge in [0.1, 0.15) is 10.6 Å². The van der Waals surface area contributed by atoms with Gasteiger partial charge in [0.2, 0.25) is 10.0 Å². The largest absolute Gasteiger partial charge is 0.490 e. The number of nitrogens with one attached hydrogen (secondary N) is 1. The van der Waals surface area contributed by atoms with Crippen LogP contribution in [0.3, 0.4) is 0 Å². The maximum atomic E-state index is 15.6. The van der Waals surface area contributed by atoms with Gasteiger partial charge in [-0.1, -0.05) is 12.2 Å². The molecule has 0 amide bonds. The Labute approximate surface area is 222 Å². The second-order valence-corrected chi connectivity index (χ2v) is 15.1. The standard InChI is InChI=1S/C26H24F5NO5S2/c27-19-7-8-20(28)23-22(19)25(38(33,34)16-5-3-15(4-6-16)26(29,30)31)12-9-21-17(18(25)14-37-23)13-24(10-1-2-11-24)39(35,36)32-21/h1-8,17-18,21,32H,9-14H2/t17-,18-,21+,25-/m0/s1. The van der Waals surface area contributed by atoms with Crippen LogP contribution in [0.15, 0.2) is 53.4 Å². The minimum atomic E-state index is -4.70. The normalized spacial score (nSPS) is 30.7. The topological polar surface area (TPSA) is 89.5 Å². The molecule has 39 heavy (non-hydrogen) atoms. The minimum absolute atomic E-state index is 0.000830. The lowest BCUT2D eigenvalue weighted by Gasteiger charge is -2.56. The number of benzene rings is 2. The summed E-state index contributed by atoms with van der Waals surface area (Å²) < 4.78 is 131. The van der Waals surface area contributed by atoms with Crippen LogP contribution >= 0.6 is 0 Å². The monoisotopic (exact) mass is 589 g/mol. The number of hydrogen-bond donors (Lipinski definition) is 1. The molecule has 2 heterocycles. The first-order chi connectivity index (χ1) is 18.2. The average Bonchev–Trinajstić information content (AvgIpc) is 3.36. The van der Waals surface area contributed by atoms with E-state index in [0.29, 0.717) is 12.1 Å². The fourth-order valence-corrected chi connectivity index (χ4v) is 11.5. The number of rotatable bonds is 2. The molecule has 6 nitrogen and oxygen atoms in total. The van der Waals surface area contributed by atoms with Crippen LogP contribution in [0.5, 0.6) is 5.75 Å². The number of sulfonamides is 1. The summed E-state index contributed by atoms with van der Waals surface area (Å²) in [6, 6.07) is 3.90. The molecule has 1 N–H and O–H groups in total. The van der Waals surface area contributed by atoms with Crippen molar-refractivity contribution < 1.29 is 43.5 Å². The van der Waals surface area contributed by atoms with Crippen molar-refractivity contribution in [2.45, 2.75) is 58.7 Å². The Kier molecular flexibility index (Phi) is 5.82. The number of hydrogen-bond acceptors (Lipinski definition) is 5. The number of halogens is 5. The molecule has 2 aliphatic heterocycles. The van der Waals surface area contributed by atoms with Crippen molar-refractivity contribution in [3.63, 3.8) is 0 Å². The molecular weight excluding hydrogens is 565 g/mol. The molecular formula is C26H24F5NO5S2. The van der Waals surface area contributed by atoms with Crippen LogP contribution in [-0.4, -0.2) is 34.2 Å². The highest BCUT2D eigenvalue weighted by Crippen LogP contribution is 2.61. The van der Waals surface area contributed by atoms with Gasteiger partial charge in [0.25, 0.3) is 0 Å². The molecule has 2 fully saturated rings. The molecule has 1 spiro atoms. The van der Waals surface area contributed by atoms with Crippen LogP contribution in [0.4, 0.5) is 22.0 Å². The molecule has 0 bridgehead atoms. The molecule has 210 valence electrons. The Morgan fingerprint density at radius 3 is 2.26 bits per heavy atom. The van der Waals surface area contributed by atoms with Crippen LogP contribution < -0.4 is 9.46 Å². The van der Waals surface area contributed by atoms with Gasteiger partial charge in [-0.2, -0.15) is 13.2 Å². The maximum Gasteiger partial charge on any atom is 0.416 e. The van der Waals surface area contributed by atoms with Crippen molar-refractivity contribution in [3.05, 3.63) is 71.3 Å². The lowest BCUT2D eigenvalue weighted by molar-refractivity contribution is -0.137. The SMILES string of the molecule is O=S1(=O)N[C@@H]2CC[C@@]3(S(=O)(=O)c4ccc(C(F)(F)F)cc4)c4c(F)ccc(F)c4OC[C@H]3[C@@H]2CC12CC=CC2. The fraction of sp³-hybridized carbons (Fsp3) is 0.462. The predicted molar refractivity (Wildman–Crippen MR) is 130 cm³/mol. The quantitative estimate of drug-likeness (QED) is 0.400. The fourth-order valence-electron chi connectivity index (χ4n) is 7.07. The van der Waals surface area contributed by atoms with Crippen molar-refractivity contribution in [1.82, 2.24) is 4.72 Å². The number of ether oxygens (including phenoxy) is 1. The Balaban J connectivity index is 1.55. The van der Waals surface area contributed by atoms with Gasteiger partial charge in [-0.25, -0.2) is 30.3 Å². The summed E-state index contributed by atoms with van der Waals surface area (Å²) >= 11 is 0. The Morgan fingerprint density at radius 1 is 0.974 bits per heavy atom. The van der Waals surface area contributed by atoms with Gasteiger partial charge >= 0.3 is 6.18 Å². The van der Waals surface area contributed by atoms with Gasteiger partial charge in [0.15, 0.2) is 21.4 Å². The zero-order chi connectivity index (χ0) is 28.0. The van der Waals surface area contributed by atoms with E-state index in [1.165, 1.54) is 0 Å². The molecule has 6 rings (SSSR count). The maximum absolute atomic E-state index is 15.6. The summed E-state index contributed by atoms with van der Waals surface area (Å²) in [5, 5.41) is 0. The zero-order valence-electron chi connectivity index (χ0n) is 20.3. The molecule has 1 saturated carbocycles. The first kappa shape index (κ1) is 26.7. The first-order valence-electron chi connectivity index (χ1n) is 12.4. The minimum Gasteiger partial charge on any atom is -0.490 e. The lowest BCUT2D eigenvalue weighted by Crippen LogP contribution is -2.66. The third kappa shape index (κ3) is 3.65. The van der Waals surface area contributed by atoms with Crippen molar-refractivity contribution in [2.24, 2.45) is 11.8 Å². The highest BCUT2D eigenvalue weighted by Gasteiger charge is 2.66. The summed E-state index contributed by atoms with van der Waals surface area (Å²) in [4.78, 5) is -0.468. The summed E-state index contributed by atoms with van der Waals surface area (Å²) in [6.07, 6.45) is -0.984. The smallest absolute Gasteiger partial charge is 0.416 e. The number of fused-ring (bicyclic) bond motifs is 5. The molecule has 2 aromatic rings. The van der Waals surface area contributed by atoms with E-state index in [9.17, 15) is 34.4 Å². The van der Waals surface area contributed by atoms with E-state index in [0.717, 1.165) is 24.3 Å². The highest BCUT2D eigenvalue weighted by atomic mass is 32.2. The Hall–Kier alpha value is -2.51. The number of sulfone groups is 1. The van der Waals surface area contributed by atoms with Gasteiger partial charge in [-0.15, -0.1) is 0 Å². The molecule has 1 saturated heterocycles. The van der Waals surface area contributed by atoms with E-state index in [-0.39, 0.29) is 38.7 Å². The van der Waals surface area contributed by atoms with Crippen LogP contribution in [0, 0.1) is 23.5 Å². The third-order valence-corrected chi connectivity index (χ3v) is 13.8. The molecule has 13 heteroatoms. The summed E-state index contributed by atoms with van der Waals surface area (Å²) in [6.45, 7) is -0.334. The van der Waals surface area contributed by atoms with E-state index in [2.05, 4.69) is 4.72 Å². The van der Waals surface area contributed by atoms with Gasteiger partial charge in [0, 0.05) is 12.0 Å².